The fourth-order valence-electron chi connectivity index (χ4n) is 13.6. The van der Waals surface area contributed by atoms with Crippen molar-refractivity contribution in [3.8, 4) is 0 Å². The molecule has 0 aromatic heterocycles. The van der Waals surface area contributed by atoms with Gasteiger partial charge < -0.3 is 30.4 Å². The van der Waals surface area contributed by atoms with Crippen molar-refractivity contribution in [1.82, 2.24) is 0 Å². The number of hydrogen-bond donors (Lipinski definition) is 5. The molecule has 9 rings (SSSR count). The number of hydrogen-bond acceptors (Lipinski definition) is 7. The first-order valence-electron chi connectivity index (χ1n) is 24.5. The van der Waals surface area contributed by atoms with Crippen LogP contribution in [0.3, 0.4) is 0 Å². The molecule has 7 nitrogen and oxygen atoms in total. The Labute approximate surface area is 367 Å². The minimum absolute atomic E-state index is 0.0844. The quantitative estimate of drug-likeness (QED) is 0.116. The predicted octanol–water partition coefficient (Wildman–Crippen LogP) is 10.5. The third-order valence-electron chi connectivity index (χ3n) is 17.7. The molecule has 1 heterocycles. The maximum Gasteiger partial charge on any atom is 0.144 e. The molecule has 0 aromatic carbocycles. The van der Waals surface area contributed by atoms with Crippen molar-refractivity contribution in [3.63, 3.8) is 0 Å². The molecule has 0 amide bonds. The highest BCUT2D eigenvalue weighted by Crippen LogP contribution is 2.61. The molecule has 7 heteroatoms. The van der Waals surface area contributed by atoms with Crippen LogP contribution in [0.2, 0.25) is 0 Å². The van der Waals surface area contributed by atoms with E-state index in [2.05, 4.69) is 83.4 Å². The van der Waals surface area contributed by atoms with Crippen LogP contribution < -0.4 is 0 Å². The van der Waals surface area contributed by atoms with Gasteiger partial charge in [-0.3, -0.25) is 0 Å². The molecule has 336 valence electrons. The summed E-state index contributed by atoms with van der Waals surface area (Å²) < 4.78 is 0. The highest BCUT2D eigenvalue weighted by Gasteiger charge is 2.53. The first-order chi connectivity index (χ1) is 29.2. The van der Waals surface area contributed by atoms with Gasteiger partial charge in [-0.2, -0.15) is 4.89 Å². The van der Waals surface area contributed by atoms with Gasteiger partial charge in [-0.25, -0.2) is 0 Å². The zero-order valence-corrected chi connectivity index (χ0v) is 37.8. The maximum atomic E-state index is 10.2. The number of allylic oxidation sites excluding steroid dienone is 8. The summed E-state index contributed by atoms with van der Waals surface area (Å²) in [5.74, 6) is 5.64. The Morgan fingerprint density at radius 3 is 1.74 bits per heavy atom. The average Bonchev–Trinajstić information content (AvgIpc) is 4.15. The summed E-state index contributed by atoms with van der Waals surface area (Å²) in [5, 5.41) is 50.6. The minimum atomic E-state index is -0.621. The Morgan fingerprint density at radius 2 is 1.21 bits per heavy atom. The van der Waals surface area contributed by atoms with Crippen LogP contribution in [0.25, 0.3) is 0 Å². The average molecular weight is 839 g/mol. The smallest absolute Gasteiger partial charge is 0.144 e. The zero-order chi connectivity index (χ0) is 43.2. The molecule has 9 aliphatic rings. The first kappa shape index (κ1) is 45.1. The lowest BCUT2D eigenvalue weighted by Crippen LogP contribution is -2.39. The largest absolute Gasteiger partial charge is 0.393 e. The Balaban J connectivity index is 0.000000169. The standard InChI is InChI=1S/C27H38O4.C27H40O3/c1-16-20(13-21(28)14-24(16)29)9-6-18-5-4-12-27(3)22(10-11-23(18)27)17(2)25-15-26(31-30-25)19-7-8-19;1-17(6-13-25(29)20-8-9-20)23-11-12-24-19(5-4-14-27(23,24)3)7-10-21-15-22(28)16-26(30)18(21)2/h6,9,15,17,19,21-25,28-29H,1,4-5,7-8,10-14H2,2-3H3;6-7,10,13,17,20,22-26,28-30H,2,4-5,8-9,11-12,14-16H2,1,3H3/b18-6+,20-9-;13-6+,19-7+,21-10-/t17-,21+,22+,23?,24-,25?,27+;17-,22-,23-,24?,25?,26+,27-/m01/s1. The normalized spacial score (nSPS) is 43.2. The second-order valence-corrected chi connectivity index (χ2v) is 21.7. The third kappa shape index (κ3) is 9.64. The van der Waals surface area contributed by atoms with E-state index < -0.39 is 24.4 Å². The van der Waals surface area contributed by atoms with Gasteiger partial charge in [0.15, 0.2) is 0 Å². The fourth-order valence-corrected chi connectivity index (χ4v) is 13.6. The van der Waals surface area contributed by atoms with Crippen molar-refractivity contribution < 1.29 is 35.3 Å². The summed E-state index contributed by atoms with van der Waals surface area (Å²) in [6.07, 6.45) is 32.2. The van der Waals surface area contributed by atoms with Gasteiger partial charge in [0, 0.05) is 18.8 Å². The topological polar surface area (TPSA) is 120 Å². The van der Waals surface area contributed by atoms with Crippen molar-refractivity contribution in [2.45, 2.75) is 180 Å². The van der Waals surface area contributed by atoms with Crippen molar-refractivity contribution >= 4 is 0 Å². The lowest BCUT2D eigenvalue weighted by atomic mass is 9.60. The van der Waals surface area contributed by atoms with Crippen molar-refractivity contribution in [3.05, 3.63) is 94.9 Å². The monoisotopic (exact) mass is 839 g/mol. The molecule has 8 aliphatic carbocycles. The molecule has 0 saturated heterocycles. The number of aliphatic hydroxyl groups excluding tert-OH is 5. The summed E-state index contributed by atoms with van der Waals surface area (Å²) in [4.78, 5) is 11.4. The summed E-state index contributed by atoms with van der Waals surface area (Å²) in [5.41, 5.74) is 7.24. The summed E-state index contributed by atoms with van der Waals surface area (Å²) in [6, 6.07) is 0. The van der Waals surface area contributed by atoms with Gasteiger partial charge in [-0.05, 0) is 183 Å². The molecule has 14 atom stereocenters. The van der Waals surface area contributed by atoms with Gasteiger partial charge in [0.05, 0.1) is 30.5 Å². The fraction of sp³-hybridized carbons (Fsp3) is 0.704. The Morgan fingerprint density at radius 1 is 0.689 bits per heavy atom. The first-order valence-corrected chi connectivity index (χ1v) is 24.5. The van der Waals surface area contributed by atoms with Crippen LogP contribution in [0.1, 0.15) is 143 Å². The second kappa shape index (κ2) is 18.5. The number of fused-ring (bicyclic) bond motifs is 2. The van der Waals surface area contributed by atoms with Gasteiger partial charge in [0.25, 0.3) is 0 Å². The molecule has 8 saturated carbocycles. The van der Waals surface area contributed by atoms with E-state index in [0.29, 0.717) is 83.9 Å². The molecule has 0 bridgehead atoms. The lowest BCUT2D eigenvalue weighted by molar-refractivity contribution is -0.278. The van der Waals surface area contributed by atoms with Crippen LogP contribution in [-0.4, -0.2) is 62.2 Å². The highest BCUT2D eigenvalue weighted by atomic mass is 17.2. The van der Waals surface area contributed by atoms with Gasteiger partial charge in [-0.15, -0.1) is 0 Å². The van der Waals surface area contributed by atoms with E-state index >= 15 is 0 Å². The van der Waals surface area contributed by atoms with Gasteiger partial charge >= 0.3 is 0 Å². The molecule has 4 unspecified atom stereocenters. The second-order valence-electron chi connectivity index (χ2n) is 21.7. The van der Waals surface area contributed by atoms with Crippen LogP contribution in [-0.2, 0) is 9.78 Å². The third-order valence-corrected chi connectivity index (χ3v) is 17.7. The van der Waals surface area contributed by atoms with Crippen LogP contribution in [0, 0.1) is 58.2 Å². The number of rotatable bonds is 9. The van der Waals surface area contributed by atoms with Gasteiger partial charge in [0.1, 0.15) is 11.9 Å². The van der Waals surface area contributed by atoms with E-state index in [-0.39, 0.29) is 12.2 Å². The number of aliphatic hydroxyl groups is 5. The Kier molecular flexibility index (Phi) is 13.7. The summed E-state index contributed by atoms with van der Waals surface area (Å²) in [7, 11) is 0. The maximum absolute atomic E-state index is 10.2. The molecule has 5 N–H and O–H groups in total. The van der Waals surface area contributed by atoms with E-state index in [1.807, 2.05) is 0 Å². The molecule has 0 radical (unpaired) electrons. The van der Waals surface area contributed by atoms with Gasteiger partial charge in [-0.1, -0.05) is 88.5 Å². The van der Waals surface area contributed by atoms with Crippen molar-refractivity contribution in [2.24, 2.45) is 58.2 Å². The zero-order valence-electron chi connectivity index (χ0n) is 37.8. The summed E-state index contributed by atoms with van der Waals surface area (Å²) in [6.45, 7) is 17.8. The molecule has 1 aliphatic heterocycles. The Bertz CT molecular complexity index is 1820. The van der Waals surface area contributed by atoms with Crippen LogP contribution in [0.4, 0.5) is 0 Å². The SMILES string of the molecule is C=C1/C(=C\C=C2/CCC[C@@]3(C)C2CC[C@@H]3[C@H](C)/C=C/C(O)C2CC2)C[C@@H](O)C[C@@H]1O.C=C1/C(=C\C=C2/CCC[C@@]3(C)C2CC[C@@H]3[C@H](C)C2C=C(C3CC3)OO2)C[C@@H](O)C[C@@H]1O. The lowest BCUT2D eigenvalue weighted by Gasteiger charge is -2.44. The van der Waals surface area contributed by atoms with E-state index in [1.54, 1.807) is 0 Å². The van der Waals surface area contributed by atoms with Crippen LogP contribution in [0.15, 0.2) is 94.9 Å². The highest BCUT2D eigenvalue weighted by molar-refractivity contribution is 5.40. The predicted molar refractivity (Wildman–Crippen MR) is 242 cm³/mol. The molecule has 0 spiro atoms. The molecular formula is C54H78O7. The van der Waals surface area contributed by atoms with Crippen LogP contribution >= 0.6 is 0 Å². The van der Waals surface area contributed by atoms with E-state index in [4.69, 9.17) is 9.78 Å². The van der Waals surface area contributed by atoms with E-state index in [1.165, 1.54) is 88.2 Å². The molecule has 0 aromatic rings. The molecular weight excluding hydrogens is 761 g/mol. The molecule has 61 heavy (non-hydrogen) atoms. The van der Waals surface area contributed by atoms with Gasteiger partial charge in [0.2, 0.25) is 0 Å². The summed E-state index contributed by atoms with van der Waals surface area (Å²) >= 11 is 0. The molecule has 8 fully saturated rings. The van der Waals surface area contributed by atoms with E-state index in [9.17, 15) is 25.5 Å². The van der Waals surface area contributed by atoms with E-state index in [0.717, 1.165) is 40.9 Å². The van der Waals surface area contributed by atoms with Crippen LogP contribution in [0.5, 0.6) is 0 Å². The minimum Gasteiger partial charge on any atom is -0.393 e. The Hall–Kier alpha value is -2.52. The van der Waals surface area contributed by atoms with Crippen molar-refractivity contribution in [1.29, 1.82) is 0 Å². The van der Waals surface area contributed by atoms with Crippen molar-refractivity contribution in [2.75, 3.05) is 0 Å².